The van der Waals surface area contributed by atoms with Crippen LogP contribution in [0.25, 0.3) is 0 Å². The number of alkyl halides is 3. The topological polar surface area (TPSA) is 36.4 Å². The lowest BCUT2D eigenvalue weighted by atomic mass is 10.1. The summed E-state index contributed by atoms with van der Waals surface area (Å²) in [5.74, 6) is 0.385. The number of benzene rings is 1. The first-order chi connectivity index (χ1) is 9.90. The Morgan fingerprint density at radius 2 is 1.76 bits per heavy atom. The molecule has 0 saturated carbocycles. The van der Waals surface area contributed by atoms with Gasteiger partial charge in [-0.2, -0.15) is 13.2 Å². The van der Waals surface area contributed by atoms with E-state index in [1.54, 1.807) is 0 Å². The van der Waals surface area contributed by atoms with Gasteiger partial charge in [-0.15, -0.1) is 0 Å². The predicted octanol–water partition coefficient (Wildman–Crippen LogP) is 3.39. The highest BCUT2D eigenvalue weighted by Crippen LogP contribution is 2.18. The number of guanidine groups is 1. The second-order valence-electron chi connectivity index (χ2n) is 4.52. The molecule has 2 N–H and O–H groups in total. The van der Waals surface area contributed by atoms with Crippen LogP contribution in [0.15, 0.2) is 29.3 Å². The molecule has 1 rings (SSSR count). The number of aliphatic imine (C=N–C) groups is 1. The van der Waals surface area contributed by atoms with Crippen LogP contribution in [0.1, 0.15) is 18.4 Å². The van der Waals surface area contributed by atoms with E-state index in [2.05, 4.69) is 15.6 Å². The largest absolute Gasteiger partial charge is 0.390 e. The maximum absolute atomic E-state index is 12.0. The highest BCUT2D eigenvalue weighted by atomic mass is 35.5. The molecule has 0 atom stereocenters. The van der Waals surface area contributed by atoms with Crippen molar-refractivity contribution in [2.75, 3.05) is 20.1 Å². The van der Waals surface area contributed by atoms with Crippen LogP contribution < -0.4 is 10.6 Å². The van der Waals surface area contributed by atoms with Gasteiger partial charge in [0.05, 0.1) is 6.42 Å². The Bertz CT molecular complexity index is 444. The van der Waals surface area contributed by atoms with Gasteiger partial charge in [0.15, 0.2) is 5.96 Å². The second-order valence-corrected chi connectivity index (χ2v) is 4.96. The van der Waals surface area contributed by atoms with E-state index < -0.39 is 12.6 Å². The van der Waals surface area contributed by atoms with Crippen LogP contribution in [-0.4, -0.2) is 32.3 Å². The van der Waals surface area contributed by atoms with Gasteiger partial charge >= 0.3 is 6.18 Å². The zero-order valence-electron chi connectivity index (χ0n) is 11.8. The van der Waals surface area contributed by atoms with Gasteiger partial charge in [-0.1, -0.05) is 23.7 Å². The summed E-state index contributed by atoms with van der Waals surface area (Å²) in [4.78, 5) is 3.87. The standard InChI is InChI=1S/C14H19ClF3N3/c1-19-13(21-10-8-14(16,17)18)20-9-2-3-11-4-6-12(15)7-5-11/h4-7H,2-3,8-10H2,1H3,(H2,19,20,21). The van der Waals surface area contributed by atoms with Crippen molar-refractivity contribution < 1.29 is 13.2 Å². The normalized spacial score (nSPS) is 12.3. The minimum absolute atomic E-state index is 0.180. The van der Waals surface area contributed by atoms with Crippen molar-refractivity contribution in [3.05, 3.63) is 34.9 Å². The van der Waals surface area contributed by atoms with Crippen LogP contribution in [-0.2, 0) is 6.42 Å². The van der Waals surface area contributed by atoms with E-state index in [9.17, 15) is 13.2 Å². The second kappa shape index (κ2) is 8.77. The highest BCUT2D eigenvalue weighted by Gasteiger charge is 2.26. The monoisotopic (exact) mass is 321 g/mol. The number of aryl methyl sites for hydroxylation is 1. The van der Waals surface area contributed by atoms with Gasteiger partial charge in [-0.05, 0) is 30.5 Å². The molecule has 3 nitrogen and oxygen atoms in total. The molecule has 0 bridgehead atoms. The molecule has 21 heavy (non-hydrogen) atoms. The van der Waals surface area contributed by atoms with Crippen molar-refractivity contribution in [3.8, 4) is 0 Å². The van der Waals surface area contributed by atoms with Gasteiger partial charge in [0, 0.05) is 25.2 Å². The minimum Gasteiger partial charge on any atom is -0.356 e. The number of halogens is 4. The average Bonchev–Trinajstić information content (AvgIpc) is 2.42. The Morgan fingerprint density at radius 3 is 2.33 bits per heavy atom. The Balaban J connectivity index is 2.19. The first-order valence-electron chi connectivity index (χ1n) is 6.66. The van der Waals surface area contributed by atoms with Gasteiger partial charge < -0.3 is 10.6 Å². The molecule has 0 saturated heterocycles. The summed E-state index contributed by atoms with van der Waals surface area (Å²) in [6.45, 7) is 0.453. The lowest BCUT2D eigenvalue weighted by Gasteiger charge is -2.12. The molecule has 0 unspecified atom stereocenters. The van der Waals surface area contributed by atoms with Crippen molar-refractivity contribution in [3.63, 3.8) is 0 Å². The third kappa shape index (κ3) is 8.45. The molecule has 0 aliphatic heterocycles. The molecule has 0 fully saturated rings. The van der Waals surface area contributed by atoms with E-state index >= 15 is 0 Å². The first kappa shape index (κ1) is 17.6. The van der Waals surface area contributed by atoms with E-state index in [0.29, 0.717) is 17.5 Å². The summed E-state index contributed by atoms with van der Waals surface area (Å²) in [5.41, 5.74) is 1.17. The lowest BCUT2D eigenvalue weighted by Crippen LogP contribution is -2.39. The van der Waals surface area contributed by atoms with E-state index in [1.165, 1.54) is 12.6 Å². The summed E-state index contributed by atoms with van der Waals surface area (Å²) in [6, 6.07) is 7.58. The summed E-state index contributed by atoms with van der Waals surface area (Å²) >= 11 is 5.80. The Labute approximate surface area is 127 Å². The van der Waals surface area contributed by atoms with Crippen molar-refractivity contribution >= 4 is 17.6 Å². The van der Waals surface area contributed by atoms with Gasteiger partial charge in [0.1, 0.15) is 0 Å². The fourth-order valence-corrected chi connectivity index (χ4v) is 1.82. The molecule has 7 heteroatoms. The zero-order chi connectivity index (χ0) is 15.7. The number of rotatable bonds is 6. The molecule has 0 radical (unpaired) electrons. The van der Waals surface area contributed by atoms with Gasteiger partial charge in [0.2, 0.25) is 0 Å². The summed E-state index contributed by atoms with van der Waals surface area (Å²) in [6.07, 6.45) is -3.32. The predicted molar refractivity (Wildman–Crippen MR) is 79.8 cm³/mol. The molecule has 1 aromatic rings. The first-order valence-corrected chi connectivity index (χ1v) is 7.04. The molecule has 0 aromatic heterocycles. The quantitative estimate of drug-likeness (QED) is 0.479. The van der Waals surface area contributed by atoms with E-state index in [4.69, 9.17) is 11.6 Å². The van der Waals surface area contributed by atoms with Crippen LogP contribution in [0, 0.1) is 0 Å². The Kier molecular flexibility index (Phi) is 7.36. The van der Waals surface area contributed by atoms with Gasteiger partial charge in [-0.25, -0.2) is 0 Å². The molecule has 1 aromatic carbocycles. The number of hydrogen-bond acceptors (Lipinski definition) is 1. The van der Waals surface area contributed by atoms with E-state index in [-0.39, 0.29) is 6.54 Å². The number of hydrogen-bond donors (Lipinski definition) is 2. The highest BCUT2D eigenvalue weighted by molar-refractivity contribution is 6.30. The number of nitrogens with one attached hydrogen (secondary N) is 2. The lowest BCUT2D eigenvalue weighted by molar-refractivity contribution is -0.132. The average molecular weight is 322 g/mol. The number of nitrogens with zero attached hydrogens (tertiary/aromatic N) is 1. The fourth-order valence-electron chi connectivity index (χ4n) is 1.69. The van der Waals surface area contributed by atoms with Crippen LogP contribution in [0.3, 0.4) is 0 Å². The molecule has 0 aliphatic carbocycles. The van der Waals surface area contributed by atoms with Crippen molar-refractivity contribution in [2.45, 2.75) is 25.4 Å². The third-order valence-electron chi connectivity index (χ3n) is 2.77. The molecular weight excluding hydrogens is 303 g/mol. The Morgan fingerprint density at radius 1 is 1.14 bits per heavy atom. The molecule has 0 heterocycles. The summed E-state index contributed by atoms with van der Waals surface area (Å²) in [7, 11) is 1.53. The minimum atomic E-state index is -4.15. The fraction of sp³-hybridized carbons (Fsp3) is 0.500. The molecule has 0 spiro atoms. The zero-order valence-corrected chi connectivity index (χ0v) is 12.6. The SMILES string of the molecule is CN=C(NCCCc1ccc(Cl)cc1)NCCC(F)(F)F. The maximum atomic E-state index is 12.0. The van der Waals surface area contributed by atoms with Gasteiger partial charge in [-0.3, -0.25) is 4.99 Å². The Hall–Kier alpha value is -1.43. The summed E-state index contributed by atoms with van der Waals surface area (Å²) < 4.78 is 36.1. The van der Waals surface area contributed by atoms with Crippen LogP contribution in [0.4, 0.5) is 13.2 Å². The van der Waals surface area contributed by atoms with Crippen LogP contribution in [0.2, 0.25) is 5.02 Å². The van der Waals surface area contributed by atoms with Crippen LogP contribution >= 0.6 is 11.6 Å². The van der Waals surface area contributed by atoms with Gasteiger partial charge in [0.25, 0.3) is 0 Å². The van der Waals surface area contributed by atoms with Crippen molar-refractivity contribution in [1.82, 2.24) is 10.6 Å². The maximum Gasteiger partial charge on any atom is 0.390 e. The van der Waals surface area contributed by atoms with E-state index in [1.807, 2.05) is 24.3 Å². The molecule has 0 aliphatic rings. The van der Waals surface area contributed by atoms with E-state index in [0.717, 1.165) is 12.8 Å². The third-order valence-corrected chi connectivity index (χ3v) is 3.02. The molecule has 118 valence electrons. The molecule has 0 amide bonds. The van der Waals surface area contributed by atoms with Crippen molar-refractivity contribution in [2.24, 2.45) is 4.99 Å². The van der Waals surface area contributed by atoms with Crippen LogP contribution in [0.5, 0.6) is 0 Å². The smallest absolute Gasteiger partial charge is 0.356 e. The molecular formula is C14H19ClF3N3. The van der Waals surface area contributed by atoms with Crippen molar-refractivity contribution in [1.29, 1.82) is 0 Å². The summed E-state index contributed by atoms with van der Waals surface area (Å²) in [5, 5.41) is 6.32.